The highest BCUT2D eigenvalue weighted by Crippen LogP contribution is 2.25. The monoisotopic (exact) mass is 263 g/mol. The first-order chi connectivity index (χ1) is 8.60. The lowest BCUT2D eigenvalue weighted by molar-refractivity contribution is -0.119. The minimum Gasteiger partial charge on any atom is -0.330 e. The summed E-state index contributed by atoms with van der Waals surface area (Å²) in [5.41, 5.74) is 7.25. The first kappa shape index (κ1) is 13.0. The Morgan fingerprint density at radius 1 is 1.56 bits per heavy atom. The van der Waals surface area contributed by atoms with E-state index in [9.17, 15) is 4.79 Å². The highest BCUT2D eigenvalue weighted by Gasteiger charge is 2.12. The number of nitrogens with two attached hydrogens (primary N) is 1. The molecule has 1 heterocycles. The number of amides is 1. The maximum absolute atomic E-state index is 11.9. The number of hydrogen-bond acceptors (Lipinski definition) is 4. The predicted octanol–water partition coefficient (Wildman–Crippen LogP) is 2.53. The van der Waals surface area contributed by atoms with Crippen LogP contribution in [0.1, 0.15) is 18.4 Å². The second-order valence-electron chi connectivity index (χ2n) is 4.38. The normalized spacial score (nSPS) is 12.6. The van der Waals surface area contributed by atoms with Gasteiger partial charge >= 0.3 is 0 Å². The number of rotatable bonds is 4. The fraction of sp³-hybridized carbons (Fsp3) is 0.385. The highest BCUT2D eigenvalue weighted by atomic mass is 32.1. The van der Waals surface area contributed by atoms with Gasteiger partial charge in [0.05, 0.1) is 15.2 Å². The molecule has 1 aromatic carbocycles. The molecule has 0 aliphatic rings. The zero-order valence-corrected chi connectivity index (χ0v) is 11.4. The molecule has 1 atom stereocenters. The van der Waals surface area contributed by atoms with E-state index >= 15 is 0 Å². The first-order valence-corrected chi connectivity index (χ1v) is 6.80. The van der Waals surface area contributed by atoms with Crippen LogP contribution >= 0.6 is 11.3 Å². The summed E-state index contributed by atoms with van der Waals surface area (Å²) in [6, 6.07) is 5.78. The Morgan fingerprint density at radius 3 is 3.06 bits per heavy atom. The van der Waals surface area contributed by atoms with E-state index in [0.29, 0.717) is 13.0 Å². The molecule has 0 saturated heterocycles. The molecule has 3 N–H and O–H groups in total. The van der Waals surface area contributed by atoms with Crippen LogP contribution in [-0.2, 0) is 4.79 Å². The van der Waals surface area contributed by atoms with Crippen molar-refractivity contribution in [2.75, 3.05) is 11.9 Å². The predicted molar refractivity (Wildman–Crippen MR) is 75.8 cm³/mol. The Hall–Kier alpha value is -1.46. The van der Waals surface area contributed by atoms with Gasteiger partial charge in [-0.1, -0.05) is 6.92 Å². The maximum atomic E-state index is 11.9. The van der Waals surface area contributed by atoms with E-state index in [-0.39, 0.29) is 11.8 Å². The third-order valence-electron chi connectivity index (χ3n) is 2.81. The molecule has 1 unspecified atom stereocenters. The summed E-state index contributed by atoms with van der Waals surface area (Å²) >= 11 is 1.63. The SMILES string of the molecule is Cc1nc2ccc(NC(=O)C(C)CCN)cc2s1. The molecule has 0 aliphatic heterocycles. The van der Waals surface area contributed by atoms with Crippen molar-refractivity contribution >= 4 is 33.1 Å². The van der Waals surface area contributed by atoms with E-state index in [2.05, 4.69) is 10.3 Å². The van der Waals surface area contributed by atoms with E-state index in [1.54, 1.807) is 11.3 Å². The van der Waals surface area contributed by atoms with Gasteiger partial charge in [0.1, 0.15) is 0 Å². The summed E-state index contributed by atoms with van der Waals surface area (Å²) in [5, 5.41) is 3.94. The minimum absolute atomic E-state index is 0.0148. The summed E-state index contributed by atoms with van der Waals surface area (Å²) < 4.78 is 1.09. The van der Waals surface area contributed by atoms with Gasteiger partial charge in [0.25, 0.3) is 0 Å². The second kappa shape index (κ2) is 5.46. The van der Waals surface area contributed by atoms with E-state index in [1.807, 2.05) is 32.0 Å². The lowest BCUT2D eigenvalue weighted by atomic mass is 10.1. The molecule has 0 aliphatic carbocycles. The molecule has 1 aromatic heterocycles. The maximum Gasteiger partial charge on any atom is 0.227 e. The van der Waals surface area contributed by atoms with Crippen LogP contribution in [-0.4, -0.2) is 17.4 Å². The topological polar surface area (TPSA) is 68.0 Å². The van der Waals surface area contributed by atoms with Gasteiger partial charge in [-0.2, -0.15) is 0 Å². The Labute approximate surface area is 110 Å². The zero-order chi connectivity index (χ0) is 13.1. The fourth-order valence-electron chi connectivity index (χ4n) is 1.76. The molecule has 0 fully saturated rings. The molecule has 5 heteroatoms. The van der Waals surface area contributed by atoms with Crippen LogP contribution in [0.2, 0.25) is 0 Å². The van der Waals surface area contributed by atoms with Crippen molar-refractivity contribution in [2.45, 2.75) is 20.3 Å². The van der Waals surface area contributed by atoms with Crippen molar-refractivity contribution in [3.05, 3.63) is 23.2 Å². The number of thiazole rings is 1. The van der Waals surface area contributed by atoms with E-state index in [0.717, 1.165) is 20.9 Å². The zero-order valence-electron chi connectivity index (χ0n) is 10.6. The van der Waals surface area contributed by atoms with Gasteiger partial charge in [-0.05, 0) is 38.1 Å². The summed E-state index contributed by atoms with van der Waals surface area (Å²) in [6.07, 6.45) is 0.702. The number of aromatic nitrogens is 1. The Bertz CT molecular complexity index is 564. The van der Waals surface area contributed by atoms with Crippen LogP contribution in [0, 0.1) is 12.8 Å². The highest BCUT2D eigenvalue weighted by molar-refractivity contribution is 7.18. The molecule has 1 amide bonds. The van der Waals surface area contributed by atoms with E-state index < -0.39 is 0 Å². The van der Waals surface area contributed by atoms with Gasteiger partial charge in [0, 0.05) is 11.6 Å². The number of anilines is 1. The lowest BCUT2D eigenvalue weighted by Gasteiger charge is -2.10. The molecule has 0 radical (unpaired) electrons. The third kappa shape index (κ3) is 2.86. The van der Waals surface area contributed by atoms with Crippen LogP contribution in [0.5, 0.6) is 0 Å². The number of carbonyl (C=O) groups is 1. The number of carbonyl (C=O) groups excluding carboxylic acids is 1. The molecular formula is C13H17N3OS. The van der Waals surface area contributed by atoms with Crippen molar-refractivity contribution in [1.29, 1.82) is 0 Å². The van der Waals surface area contributed by atoms with Gasteiger partial charge < -0.3 is 11.1 Å². The van der Waals surface area contributed by atoms with Gasteiger partial charge in [0.15, 0.2) is 0 Å². The van der Waals surface area contributed by atoms with Gasteiger partial charge in [-0.15, -0.1) is 11.3 Å². The van der Waals surface area contributed by atoms with Crippen LogP contribution in [0.4, 0.5) is 5.69 Å². The van der Waals surface area contributed by atoms with E-state index in [1.165, 1.54) is 0 Å². The van der Waals surface area contributed by atoms with E-state index in [4.69, 9.17) is 5.73 Å². The minimum atomic E-state index is -0.0612. The molecule has 0 spiro atoms. The first-order valence-electron chi connectivity index (χ1n) is 5.98. The summed E-state index contributed by atoms with van der Waals surface area (Å²) in [6.45, 7) is 4.39. The van der Waals surface area contributed by atoms with Crippen molar-refractivity contribution in [3.8, 4) is 0 Å². The van der Waals surface area contributed by atoms with Crippen LogP contribution in [0.25, 0.3) is 10.2 Å². The van der Waals surface area contributed by atoms with Gasteiger partial charge in [0.2, 0.25) is 5.91 Å². The quantitative estimate of drug-likeness (QED) is 0.890. The Balaban J connectivity index is 2.14. The number of hydrogen-bond donors (Lipinski definition) is 2. The second-order valence-corrected chi connectivity index (χ2v) is 5.62. The molecular weight excluding hydrogens is 246 g/mol. The fourth-order valence-corrected chi connectivity index (χ4v) is 2.63. The Kier molecular flexibility index (Phi) is 3.93. The molecule has 2 rings (SSSR count). The van der Waals surface area contributed by atoms with Crippen LogP contribution < -0.4 is 11.1 Å². The molecule has 18 heavy (non-hydrogen) atoms. The summed E-state index contributed by atoms with van der Waals surface area (Å²) in [5.74, 6) is -0.0464. The van der Waals surface area contributed by atoms with Gasteiger partial charge in [-0.25, -0.2) is 4.98 Å². The van der Waals surface area contributed by atoms with Crippen LogP contribution in [0.15, 0.2) is 18.2 Å². The van der Waals surface area contributed by atoms with Gasteiger partial charge in [-0.3, -0.25) is 4.79 Å². The number of benzene rings is 1. The van der Waals surface area contributed by atoms with Crippen LogP contribution in [0.3, 0.4) is 0 Å². The smallest absolute Gasteiger partial charge is 0.227 e. The van der Waals surface area contributed by atoms with Crippen molar-refractivity contribution < 1.29 is 4.79 Å². The third-order valence-corrected chi connectivity index (χ3v) is 3.74. The molecule has 0 saturated carbocycles. The average Bonchev–Trinajstić information content (AvgIpc) is 2.68. The largest absolute Gasteiger partial charge is 0.330 e. The molecule has 4 nitrogen and oxygen atoms in total. The molecule has 96 valence electrons. The Morgan fingerprint density at radius 2 is 2.33 bits per heavy atom. The number of nitrogens with one attached hydrogen (secondary N) is 1. The van der Waals surface area contributed by atoms with Crippen molar-refractivity contribution in [2.24, 2.45) is 11.7 Å². The number of aryl methyl sites for hydroxylation is 1. The van der Waals surface area contributed by atoms with Crippen molar-refractivity contribution in [3.63, 3.8) is 0 Å². The molecule has 0 bridgehead atoms. The summed E-state index contributed by atoms with van der Waals surface area (Å²) in [4.78, 5) is 16.3. The lowest BCUT2D eigenvalue weighted by Crippen LogP contribution is -2.22. The standard InChI is InChI=1S/C13H17N3OS/c1-8(5-6-14)13(17)16-10-3-4-11-12(7-10)18-9(2)15-11/h3-4,7-8H,5-6,14H2,1-2H3,(H,16,17). The average molecular weight is 263 g/mol. The van der Waals surface area contributed by atoms with Crippen molar-refractivity contribution in [1.82, 2.24) is 4.98 Å². The summed E-state index contributed by atoms with van der Waals surface area (Å²) in [7, 11) is 0. The number of fused-ring (bicyclic) bond motifs is 1. The molecule has 2 aromatic rings. The number of nitrogens with zero attached hydrogens (tertiary/aromatic N) is 1.